The number of likely N-dealkylation sites (tertiary alicyclic amines) is 1. The van der Waals surface area contributed by atoms with E-state index in [1.54, 1.807) is 11.1 Å². The average Bonchev–Trinajstić information content (AvgIpc) is 3.55. The Kier molecular flexibility index (Phi) is 6.76. The highest BCUT2D eigenvalue weighted by Gasteiger charge is 2.44. The fourth-order valence-electron chi connectivity index (χ4n) is 4.44. The van der Waals surface area contributed by atoms with Crippen molar-refractivity contribution in [2.24, 2.45) is 0 Å². The lowest BCUT2D eigenvalue weighted by molar-refractivity contribution is -0.150. The zero-order valence-electron chi connectivity index (χ0n) is 19.0. The summed E-state index contributed by atoms with van der Waals surface area (Å²) in [6, 6.07) is 17.9. The summed E-state index contributed by atoms with van der Waals surface area (Å²) in [6.07, 6.45) is 2.37. The summed E-state index contributed by atoms with van der Waals surface area (Å²) in [5, 5.41) is 0. The van der Waals surface area contributed by atoms with Crippen LogP contribution in [0.5, 0.6) is 0 Å². The van der Waals surface area contributed by atoms with Crippen molar-refractivity contribution in [2.45, 2.75) is 31.5 Å². The Morgan fingerprint density at radius 2 is 1.80 bits per heavy atom. The van der Waals surface area contributed by atoms with E-state index in [2.05, 4.69) is 4.98 Å². The van der Waals surface area contributed by atoms with Crippen LogP contribution in [0.3, 0.4) is 0 Å². The Labute approximate surface area is 207 Å². The van der Waals surface area contributed by atoms with E-state index in [1.807, 2.05) is 60.7 Å². The van der Waals surface area contributed by atoms with Gasteiger partial charge in [0.2, 0.25) is 0 Å². The summed E-state index contributed by atoms with van der Waals surface area (Å²) in [6.45, 7) is 1.12. The van der Waals surface area contributed by atoms with Crippen LogP contribution in [-0.2, 0) is 20.9 Å². The molecule has 2 aliphatic heterocycles. The number of piperidine rings is 1. The molecule has 3 aromatic rings. The van der Waals surface area contributed by atoms with Gasteiger partial charge in [-0.3, -0.25) is 14.7 Å². The molecule has 2 fully saturated rings. The lowest BCUT2D eigenvalue weighted by Gasteiger charge is -2.37. The van der Waals surface area contributed by atoms with Crippen molar-refractivity contribution >= 4 is 29.3 Å². The van der Waals surface area contributed by atoms with Crippen molar-refractivity contribution < 1.29 is 23.9 Å². The number of ether oxygens (including phenoxy) is 2. The fraction of sp³-hybridized carbons (Fsp3) is 0.308. The second-order valence-electron chi connectivity index (χ2n) is 8.50. The molecule has 180 valence electrons. The van der Waals surface area contributed by atoms with Crippen LogP contribution in [-0.4, -0.2) is 64.5 Å². The van der Waals surface area contributed by atoms with Crippen molar-refractivity contribution in [1.82, 2.24) is 14.8 Å². The second-order valence-corrected chi connectivity index (χ2v) is 9.58. The Balaban J connectivity index is 1.18. The van der Waals surface area contributed by atoms with Crippen LogP contribution < -0.4 is 0 Å². The first-order chi connectivity index (χ1) is 17.1. The number of thiophene rings is 1. The maximum absolute atomic E-state index is 13.1. The number of benzene rings is 1. The van der Waals surface area contributed by atoms with E-state index in [0.29, 0.717) is 30.8 Å². The van der Waals surface area contributed by atoms with Gasteiger partial charge in [-0.25, -0.2) is 9.59 Å². The molecule has 1 unspecified atom stereocenters. The van der Waals surface area contributed by atoms with Gasteiger partial charge in [0.15, 0.2) is 6.04 Å². The van der Waals surface area contributed by atoms with Crippen molar-refractivity contribution in [3.63, 3.8) is 0 Å². The van der Waals surface area contributed by atoms with Crippen LogP contribution in [0.15, 0.2) is 66.9 Å². The molecular formula is C26H25N3O5S. The fourth-order valence-corrected chi connectivity index (χ4v) is 5.40. The highest BCUT2D eigenvalue weighted by molar-refractivity contribution is 7.17. The number of hydrogen-bond donors (Lipinski definition) is 0. The lowest BCUT2D eigenvalue weighted by atomic mass is 10.0. The summed E-state index contributed by atoms with van der Waals surface area (Å²) in [5.74, 6) is -0.503. The van der Waals surface area contributed by atoms with Crippen molar-refractivity contribution in [3.05, 3.63) is 77.3 Å². The molecule has 8 nitrogen and oxygen atoms in total. The Bertz CT molecular complexity index is 1190. The Morgan fingerprint density at radius 3 is 2.54 bits per heavy atom. The molecule has 1 atom stereocenters. The van der Waals surface area contributed by atoms with E-state index >= 15 is 0 Å². The summed E-state index contributed by atoms with van der Waals surface area (Å²) in [7, 11) is 0. The van der Waals surface area contributed by atoms with Crippen LogP contribution in [0.25, 0.3) is 10.6 Å². The van der Waals surface area contributed by atoms with Crippen LogP contribution >= 0.6 is 11.3 Å². The first-order valence-electron chi connectivity index (χ1n) is 11.6. The molecule has 9 heteroatoms. The van der Waals surface area contributed by atoms with E-state index in [4.69, 9.17) is 9.47 Å². The average molecular weight is 492 g/mol. The molecule has 2 aromatic heterocycles. The van der Waals surface area contributed by atoms with Gasteiger partial charge in [-0.15, -0.1) is 11.3 Å². The number of carbonyl (C=O) groups excluding carboxylic acids is 3. The number of rotatable bonds is 6. The topological polar surface area (TPSA) is 89.0 Å². The number of cyclic esters (lactones) is 1. The Morgan fingerprint density at radius 1 is 1.03 bits per heavy atom. The first-order valence-corrected chi connectivity index (χ1v) is 12.4. The predicted octanol–water partition coefficient (Wildman–Crippen LogP) is 3.98. The van der Waals surface area contributed by atoms with E-state index in [-0.39, 0.29) is 25.2 Å². The molecule has 2 saturated heterocycles. The first kappa shape index (κ1) is 23.0. The molecule has 0 aliphatic carbocycles. The summed E-state index contributed by atoms with van der Waals surface area (Å²) >= 11 is 1.42. The number of aromatic nitrogens is 1. The molecule has 1 aromatic carbocycles. The number of pyridine rings is 1. The molecule has 35 heavy (non-hydrogen) atoms. The molecule has 2 amide bonds. The normalized spacial score (nSPS) is 18.4. The molecule has 0 bridgehead atoms. The van der Waals surface area contributed by atoms with Gasteiger partial charge >= 0.3 is 12.1 Å². The number of carbonyl (C=O) groups is 3. The van der Waals surface area contributed by atoms with Gasteiger partial charge in [-0.1, -0.05) is 36.4 Å². The molecule has 2 aliphatic rings. The van der Waals surface area contributed by atoms with E-state index in [0.717, 1.165) is 16.1 Å². The van der Waals surface area contributed by atoms with E-state index < -0.39 is 18.1 Å². The zero-order chi connectivity index (χ0) is 24.2. The van der Waals surface area contributed by atoms with Crippen molar-refractivity contribution in [3.8, 4) is 10.6 Å². The monoisotopic (exact) mass is 491 g/mol. The SMILES string of the molecule is O=C(OCc1ccccc1)C1COC(=O)N1C1CCN(C(=O)c2ccc(-c3ccccn3)s2)CC1. The summed E-state index contributed by atoms with van der Waals surface area (Å²) in [5.41, 5.74) is 1.72. The molecule has 5 rings (SSSR count). The molecule has 0 radical (unpaired) electrons. The maximum atomic E-state index is 13.1. The highest BCUT2D eigenvalue weighted by Crippen LogP contribution is 2.29. The van der Waals surface area contributed by atoms with E-state index in [9.17, 15) is 14.4 Å². The van der Waals surface area contributed by atoms with E-state index in [1.165, 1.54) is 16.2 Å². The van der Waals surface area contributed by atoms with Gasteiger partial charge in [0.1, 0.15) is 13.2 Å². The van der Waals surface area contributed by atoms with Gasteiger partial charge in [-0.05, 0) is 42.7 Å². The minimum atomic E-state index is -0.767. The predicted molar refractivity (Wildman–Crippen MR) is 130 cm³/mol. The highest BCUT2D eigenvalue weighted by atomic mass is 32.1. The van der Waals surface area contributed by atoms with Gasteiger partial charge < -0.3 is 14.4 Å². The van der Waals surface area contributed by atoms with Gasteiger partial charge in [0, 0.05) is 25.3 Å². The van der Waals surface area contributed by atoms with Crippen LogP contribution in [0.2, 0.25) is 0 Å². The number of nitrogens with zero attached hydrogens (tertiary/aromatic N) is 3. The minimum absolute atomic E-state index is 0.0168. The van der Waals surface area contributed by atoms with Crippen molar-refractivity contribution in [1.29, 1.82) is 0 Å². The molecule has 0 spiro atoms. The van der Waals surface area contributed by atoms with Crippen LogP contribution in [0.4, 0.5) is 4.79 Å². The third-order valence-corrected chi connectivity index (χ3v) is 7.38. The van der Waals surface area contributed by atoms with Crippen molar-refractivity contribution in [2.75, 3.05) is 19.7 Å². The van der Waals surface area contributed by atoms with Crippen LogP contribution in [0.1, 0.15) is 28.1 Å². The Hall–Kier alpha value is -3.72. The minimum Gasteiger partial charge on any atom is -0.459 e. The molecule has 4 heterocycles. The standard InChI is InChI=1S/C26H25N3O5S/c30-24(23-10-9-22(35-23)20-8-4-5-13-27-20)28-14-11-19(12-15-28)29-21(17-34-26(29)32)25(31)33-16-18-6-2-1-3-7-18/h1-10,13,19,21H,11-12,14-17H2. The van der Waals surface area contributed by atoms with Gasteiger partial charge in [-0.2, -0.15) is 0 Å². The molecule has 0 N–H and O–H groups in total. The largest absolute Gasteiger partial charge is 0.459 e. The zero-order valence-corrected chi connectivity index (χ0v) is 19.9. The third kappa shape index (κ3) is 5.05. The van der Waals surface area contributed by atoms with Crippen LogP contribution in [0, 0.1) is 0 Å². The smallest absolute Gasteiger partial charge is 0.410 e. The quantitative estimate of drug-likeness (QED) is 0.485. The molecular weight excluding hydrogens is 466 g/mol. The van der Waals surface area contributed by atoms with Gasteiger partial charge in [0.05, 0.1) is 15.4 Å². The lowest BCUT2D eigenvalue weighted by Crippen LogP contribution is -2.52. The number of esters is 1. The maximum Gasteiger partial charge on any atom is 0.410 e. The van der Waals surface area contributed by atoms with Gasteiger partial charge in [0.25, 0.3) is 5.91 Å². The number of hydrogen-bond acceptors (Lipinski definition) is 7. The third-order valence-electron chi connectivity index (χ3n) is 6.29. The number of amides is 2. The summed E-state index contributed by atoms with van der Waals surface area (Å²) in [4.78, 5) is 47.5. The molecule has 0 saturated carbocycles. The summed E-state index contributed by atoms with van der Waals surface area (Å²) < 4.78 is 10.7. The second kappa shape index (κ2) is 10.3.